The smallest absolute Gasteiger partial charge is 0.354 e. The van der Waals surface area contributed by atoms with E-state index < -0.39 is 21.5 Å². The zero-order chi connectivity index (χ0) is 20.8. The van der Waals surface area contributed by atoms with Gasteiger partial charge in [0.2, 0.25) is 0 Å². The van der Waals surface area contributed by atoms with E-state index in [1.165, 1.54) is 12.1 Å². The number of hydrogen-bond donors (Lipinski definition) is 3. The fourth-order valence-electron chi connectivity index (χ4n) is 4.10. The number of nitrogens with zero attached hydrogens (tertiary/aromatic N) is 2. The average Bonchev–Trinajstić information content (AvgIpc) is 3.29. The number of fused-ring (bicyclic) bond motifs is 2. The van der Waals surface area contributed by atoms with E-state index in [0.29, 0.717) is 5.56 Å². The Hall–Kier alpha value is -2.29. The molecule has 0 saturated heterocycles. The predicted molar refractivity (Wildman–Crippen MR) is 112 cm³/mol. The number of urea groups is 1. The summed E-state index contributed by atoms with van der Waals surface area (Å²) in [4.78, 5) is 17.6. The summed E-state index contributed by atoms with van der Waals surface area (Å²) in [6, 6.07) is 5.64. The monoisotopic (exact) mass is 414 g/mol. The van der Waals surface area contributed by atoms with Gasteiger partial charge in [0, 0.05) is 11.4 Å². The number of amides is 2. The zero-order valence-corrected chi connectivity index (χ0v) is 17.5. The summed E-state index contributed by atoms with van der Waals surface area (Å²) in [6.45, 7) is 3.32. The van der Waals surface area contributed by atoms with Crippen LogP contribution in [0.3, 0.4) is 0 Å². The first kappa shape index (κ1) is 20.0. The lowest BCUT2D eigenvalue weighted by molar-refractivity contribution is 0.0785. The van der Waals surface area contributed by atoms with Crippen molar-refractivity contribution < 1.29 is 14.1 Å². The number of pyridine rings is 1. The largest absolute Gasteiger partial charge is 0.386 e. The van der Waals surface area contributed by atoms with Gasteiger partial charge in [0.1, 0.15) is 9.92 Å². The predicted octanol–water partition coefficient (Wildman–Crippen LogP) is 3.22. The van der Waals surface area contributed by atoms with Gasteiger partial charge in [-0.15, -0.1) is 4.36 Å². The third-order valence-corrected chi connectivity index (χ3v) is 6.98. The van der Waals surface area contributed by atoms with Crippen molar-refractivity contribution in [1.29, 1.82) is 0 Å². The van der Waals surface area contributed by atoms with Crippen molar-refractivity contribution >= 4 is 21.6 Å². The normalized spacial score (nSPS) is 17.4. The van der Waals surface area contributed by atoms with Gasteiger partial charge in [-0.3, -0.25) is 4.98 Å². The van der Waals surface area contributed by atoms with Gasteiger partial charge in [-0.2, -0.15) is 0 Å². The maximum atomic E-state index is 12.9. The molecule has 154 valence electrons. The quantitative estimate of drug-likeness (QED) is 0.714. The second-order valence-corrected chi connectivity index (χ2v) is 10.0. The lowest BCUT2D eigenvalue weighted by Gasteiger charge is -2.18. The van der Waals surface area contributed by atoms with E-state index in [1.807, 2.05) is 0 Å². The fraction of sp³-hybridized carbons (Fsp3) is 0.429. The summed E-state index contributed by atoms with van der Waals surface area (Å²) in [5.41, 5.74) is 4.68. The molecule has 2 amide bonds. The third kappa shape index (κ3) is 3.92. The molecule has 7 nitrogen and oxygen atoms in total. The first-order chi connectivity index (χ1) is 13.6. The summed E-state index contributed by atoms with van der Waals surface area (Å²) in [6.07, 6.45) is 5.63. The SMILES string of the molecule is CC(C)(O)c1ccc([S@](N)(=O)=NC(=O)Nc2c3c(nc4c2CCC4)CCC3)cc1. The van der Waals surface area contributed by atoms with E-state index in [2.05, 4.69) is 9.68 Å². The number of aliphatic hydroxyl groups is 1. The molecule has 0 radical (unpaired) electrons. The van der Waals surface area contributed by atoms with E-state index in [1.54, 1.807) is 26.0 Å². The van der Waals surface area contributed by atoms with Gasteiger partial charge in [0.25, 0.3) is 0 Å². The van der Waals surface area contributed by atoms with Gasteiger partial charge in [-0.1, -0.05) is 12.1 Å². The number of carbonyl (C=O) groups is 1. The summed E-state index contributed by atoms with van der Waals surface area (Å²) in [5, 5.41) is 18.8. The zero-order valence-electron chi connectivity index (χ0n) is 16.7. The summed E-state index contributed by atoms with van der Waals surface area (Å²) >= 11 is 0. The number of aryl methyl sites for hydroxylation is 2. The Labute approximate surface area is 171 Å². The van der Waals surface area contributed by atoms with E-state index >= 15 is 0 Å². The molecule has 2 aliphatic carbocycles. The molecule has 0 unspecified atom stereocenters. The molecule has 4 N–H and O–H groups in total. The number of anilines is 1. The summed E-state index contributed by atoms with van der Waals surface area (Å²) in [7, 11) is -3.40. The number of nitrogens with two attached hydrogens (primary N) is 1. The molecular weight excluding hydrogens is 388 g/mol. The molecule has 0 fully saturated rings. The second kappa shape index (κ2) is 7.19. The Kier molecular flexibility index (Phi) is 4.96. The Bertz CT molecular complexity index is 1060. The van der Waals surface area contributed by atoms with Crippen LogP contribution in [0.4, 0.5) is 10.5 Å². The highest BCUT2D eigenvalue weighted by atomic mass is 32.2. The summed E-state index contributed by atoms with van der Waals surface area (Å²) in [5.74, 6) is 0. The second-order valence-electron chi connectivity index (χ2n) is 8.22. The maximum Gasteiger partial charge on any atom is 0.354 e. The molecule has 0 bridgehead atoms. The van der Waals surface area contributed by atoms with E-state index in [-0.39, 0.29) is 4.90 Å². The van der Waals surface area contributed by atoms with Crippen LogP contribution in [0.2, 0.25) is 0 Å². The Balaban J connectivity index is 1.63. The van der Waals surface area contributed by atoms with Crippen LogP contribution in [0.5, 0.6) is 0 Å². The maximum absolute atomic E-state index is 12.9. The number of rotatable bonds is 3. The lowest BCUT2D eigenvalue weighted by Crippen LogP contribution is -2.20. The van der Waals surface area contributed by atoms with Crippen molar-refractivity contribution in [1.82, 2.24) is 4.98 Å². The van der Waals surface area contributed by atoms with Crippen LogP contribution in [0.25, 0.3) is 0 Å². The topological polar surface area (TPSA) is 118 Å². The van der Waals surface area contributed by atoms with Crippen molar-refractivity contribution in [2.24, 2.45) is 9.50 Å². The van der Waals surface area contributed by atoms with Crippen LogP contribution < -0.4 is 10.5 Å². The first-order valence-corrected chi connectivity index (χ1v) is 11.5. The van der Waals surface area contributed by atoms with Gasteiger partial charge >= 0.3 is 6.03 Å². The Morgan fingerprint density at radius 1 is 1.10 bits per heavy atom. The van der Waals surface area contributed by atoms with Crippen molar-refractivity contribution in [2.75, 3.05) is 5.32 Å². The molecule has 29 heavy (non-hydrogen) atoms. The molecule has 0 spiro atoms. The van der Waals surface area contributed by atoms with Crippen LogP contribution in [0.15, 0.2) is 33.5 Å². The highest BCUT2D eigenvalue weighted by Crippen LogP contribution is 2.36. The van der Waals surface area contributed by atoms with Crippen LogP contribution in [0.1, 0.15) is 54.8 Å². The highest BCUT2D eigenvalue weighted by Gasteiger charge is 2.26. The van der Waals surface area contributed by atoms with Gasteiger partial charge in [-0.05, 0) is 81.2 Å². The first-order valence-electron chi connectivity index (χ1n) is 9.87. The fourth-order valence-corrected chi connectivity index (χ4v) is 5.02. The number of carbonyl (C=O) groups excluding carboxylic acids is 1. The van der Waals surface area contributed by atoms with Gasteiger partial charge in [-0.25, -0.2) is 14.1 Å². The molecule has 0 saturated carbocycles. The molecule has 2 aliphatic rings. The number of aromatic nitrogens is 1. The van der Waals surface area contributed by atoms with E-state index in [9.17, 15) is 14.1 Å². The molecule has 2 aromatic rings. The van der Waals surface area contributed by atoms with Gasteiger partial charge < -0.3 is 10.4 Å². The van der Waals surface area contributed by atoms with Crippen molar-refractivity contribution in [3.05, 3.63) is 52.3 Å². The standard InChI is InChI=1S/C21H26N4O3S/c1-21(2,27)13-9-11-14(12-10-13)29(22,28)25-20(26)24-19-15-5-3-7-17(15)23-18-8-4-6-16(18)19/h9-12,27H,3-8H2,1-2H3,(H3,22,23,24,25,26,28)/t29-/m1/s1. The van der Waals surface area contributed by atoms with Crippen LogP contribution >= 0.6 is 0 Å². The molecule has 1 aromatic heterocycles. The molecule has 4 rings (SSSR count). The van der Waals surface area contributed by atoms with Crippen molar-refractivity contribution in [3.63, 3.8) is 0 Å². The Morgan fingerprint density at radius 2 is 1.66 bits per heavy atom. The van der Waals surface area contributed by atoms with E-state index in [4.69, 9.17) is 10.1 Å². The van der Waals surface area contributed by atoms with Crippen LogP contribution in [-0.4, -0.2) is 20.3 Å². The minimum atomic E-state index is -3.40. The molecule has 0 aliphatic heterocycles. The minimum Gasteiger partial charge on any atom is -0.386 e. The third-order valence-electron chi connectivity index (χ3n) is 5.60. The van der Waals surface area contributed by atoms with E-state index in [0.717, 1.165) is 66.7 Å². The number of hydrogen-bond acceptors (Lipinski definition) is 4. The molecule has 1 heterocycles. The molecular formula is C21H26N4O3S. The highest BCUT2D eigenvalue weighted by molar-refractivity contribution is 7.91. The number of benzene rings is 1. The molecule has 8 heteroatoms. The minimum absolute atomic E-state index is 0.242. The lowest BCUT2D eigenvalue weighted by atomic mass is 9.99. The summed E-state index contributed by atoms with van der Waals surface area (Å²) < 4.78 is 16.7. The van der Waals surface area contributed by atoms with Crippen molar-refractivity contribution in [2.45, 2.75) is 62.9 Å². The molecule has 1 atom stereocenters. The van der Waals surface area contributed by atoms with Crippen molar-refractivity contribution in [3.8, 4) is 0 Å². The van der Waals surface area contributed by atoms with Crippen LogP contribution in [-0.2, 0) is 41.2 Å². The van der Waals surface area contributed by atoms with Crippen LogP contribution in [0, 0.1) is 0 Å². The number of nitrogens with one attached hydrogen (secondary N) is 1. The molecule has 1 aromatic carbocycles. The van der Waals surface area contributed by atoms with Gasteiger partial charge in [0.05, 0.1) is 16.2 Å². The average molecular weight is 415 g/mol. The van der Waals surface area contributed by atoms with Gasteiger partial charge in [0.15, 0.2) is 0 Å². The Morgan fingerprint density at radius 3 is 2.17 bits per heavy atom.